The number of nitrogens with one attached hydrogen (secondary N) is 3. The topological polar surface area (TPSA) is 106 Å². The second-order valence-electron chi connectivity index (χ2n) is 9.61. The fourth-order valence-corrected chi connectivity index (χ4v) is 5.49. The number of thioether (sulfide) groups is 1. The molecule has 1 unspecified atom stereocenters. The van der Waals surface area contributed by atoms with Crippen molar-refractivity contribution < 1.29 is 23.9 Å². The second kappa shape index (κ2) is 16.0. The minimum absolute atomic E-state index is 0.0153. The zero-order valence-electron chi connectivity index (χ0n) is 24.7. The van der Waals surface area contributed by atoms with Gasteiger partial charge in [-0.15, -0.1) is 11.8 Å². The van der Waals surface area contributed by atoms with Crippen molar-refractivity contribution in [1.82, 2.24) is 5.32 Å². The van der Waals surface area contributed by atoms with E-state index in [1.54, 1.807) is 91.0 Å². The average Bonchev–Trinajstić information content (AvgIpc) is 3.05. The number of benzene rings is 4. The number of halogens is 2. The lowest BCUT2D eigenvalue weighted by Crippen LogP contribution is -2.30. The SMILES string of the molecule is CCC(Sc1cccc(NC(=O)/C(=C\c2ccc(OC)c(OC)c2)NC(=O)c2ccccc2)c1)C(=O)Nc1ccc(Cl)c(Cl)c1. The van der Waals surface area contributed by atoms with E-state index >= 15 is 0 Å². The number of ether oxygens (including phenoxy) is 2. The highest BCUT2D eigenvalue weighted by molar-refractivity contribution is 8.00. The smallest absolute Gasteiger partial charge is 0.272 e. The predicted octanol–water partition coefficient (Wildman–Crippen LogP) is 7.93. The van der Waals surface area contributed by atoms with Crippen molar-refractivity contribution in [1.29, 1.82) is 0 Å². The molecule has 8 nitrogen and oxygen atoms in total. The summed E-state index contributed by atoms with van der Waals surface area (Å²) in [5.74, 6) is -0.182. The summed E-state index contributed by atoms with van der Waals surface area (Å²) in [6, 6.07) is 25.8. The van der Waals surface area contributed by atoms with E-state index in [9.17, 15) is 14.4 Å². The molecule has 4 rings (SSSR count). The molecular formula is C34H31Cl2N3O5S. The van der Waals surface area contributed by atoms with Gasteiger partial charge in [-0.05, 0) is 78.7 Å². The first-order valence-corrected chi connectivity index (χ1v) is 15.5. The lowest BCUT2D eigenvalue weighted by atomic mass is 10.1. The zero-order valence-corrected chi connectivity index (χ0v) is 27.1. The van der Waals surface area contributed by atoms with Gasteiger partial charge in [-0.3, -0.25) is 14.4 Å². The van der Waals surface area contributed by atoms with Gasteiger partial charge in [0.15, 0.2) is 11.5 Å². The van der Waals surface area contributed by atoms with Gasteiger partial charge in [-0.25, -0.2) is 0 Å². The molecule has 0 saturated heterocycles. The largest absolute Gasteiger partial charge is 0.493 e. The molecule has 11 heteroatoms. The summed E-state index contributed by atoms with van der Waals surface area (Å²) in [4.78, 5) is 40.4. The van der Waals surface area contributed by atoms with E-state index in [0.29, 0.717) is 50.5 Å². The van der Waals surface area contributed by atoms with Crippen molar-refractivity contribution in [3.8, 4) is 11.5 Å². The summed E-state index contributed by atoms with van der Waals surface area (Å²) in [5, 5.41) is 8.80. The molecule has 0 aliphatic heterocycles. The van der Waals surface area contributed by atoms with Gasteiger partial charge in [0, 0.05) is 21.8 Å². The van der Waals surface area contributed by atoms with E-state index in [4.69, 9.17) is 32.7 Å². The van der Waals surface area contributed by atoms with Crippen molar-refractivity contribution in [2.45, 2.75) is 23.5 Å². The Kier molecular flexibility index (Phi) is 11.9. The van der Waals surface area contributed by atoms with E-state index in [2.05, 4.69) is 16.0 Å². The standard InChI is InChI=1S/C34H31Cl2N3O5S/c1-4-31(34(42)38-24-14-15-26(35)27(36)20-24)45-25-12-8-11-23(19-25)37-33(41)28(39-32(40)22-9-6-5-7-10-22)17-21-13-16-29(43-2)30(18-21)44-3/h5-20,31H,4H2,1-3H3,(H,37,41)(H,38,42)(H,39,40)/b28-17+. The van der Waals surface area contributed by atoms with Gasteiger partial charge in [0.2, 0.25) is 5.91 Å². The van der Waals surface area contributed by atoms with E-state index in [0.717, 1.165) is 4.90 Å². The fraction of sp³-hybridized carbons (Fsp3) is 0.147. The van der Waals surface area contributed by atoms with Crippen LogP contribution >= 0.6 is 35.0 Å². The maximum Gasteiger partial charge on any atom is 0.272 e. The van der Waals surface area contributed by atoms with Crippen LogP contribution in [0.3, 0.4) is 0 Å². The zero-order chi connectivity index (χ0) is 32.3. The van der Waals surface area contributed by atoms with Crippen molar-refractivity contribution >= 4 is 70.1 Å². The Hall–Kier alpha value is -4.44. The molecule has 0 bridgehead atoms. The van der Waals surface area contributed by atoms with Crippen molar-refractivity contribution in [2.75, 3.05) is 24.9 Å². The minimum atomic E-state index is -0.541. The van der Waals surface area contributed by atoms with Crippen LogP contribution in [0.15, 0.2) is 102 Å². The number of hydrogen-bond donors (Lipinski definition) is 3. The summed E-state index contributed by atoms with van der Waals surface area (Å²) in [6.07, 6.45) is 2.11. The highest BCUT2D eigenvalue weighted by Gasteiger charge is 2.20. The van der Waals surface area contributed by atoms with Crippen LogP contribution < -0.4 is 25.4 Å². The molecule has 0 spiro atoms. The average molecular weight is 665 g/mol. The van der Waals surface area contributed by atoms with Crippen molar-refractivity contribution in [3.05, 3.63) is 118 Å². The maximum atomic E-state index is 13.6. The molecule has 4 aromatic carbocycles. The van der Waals surface area contributed by atoms with Crippen LogP contribution in [0.4, 0.5) is 11.4 Å². The van der Waals surface area contributed by atoms with Crippen LogP contribution in [-0.4, -0.2) is 37.2 Å². The van der Waals surface area contributed by atoms with Gasteiger partial charge in [0.05, 0.1) is 29.5 Å². The Morgan fingerprint density at radius 1 is 0.800 bits per heavy atom. The van der Waals surface area contributed by atoms with Crippen molar-refractivity contribution in [2.24, 2.45) is 0 Å². The molecule has 0 aromatic heterocycles. The molecule has 1 atom stereocenters. The van der Waals surface area contributed by atoms with E-state index in [1.165, 1.54) is 26.0 Å². The molecule has 232 valence electrons. The Bertz CT molecular complexity index is 1720. The molecule has 4 aromatic rings. The summed E-state index contributed by atoms with van der Waals surface area (Å²) >= 11 is 13.4. The predicted molar refractivity (Wildman–Crippen MR) is 182 cm³/mol. The number of amides is 3. The third kappa shape index (κ3) is 9.28. The molecule has 3 amide bonds. The third-order valence-electron chi connectivity index (χ3n) is 6.47. The second-order valence-corrected chi connectivity index (χ2v) is 11.7. The first-order chi connectivity index (χ1) is 21.7. The first-order valence-electron chi connectivity index (χ1n) is 13.8. The van der Waals surface area contributed by atoms with Crippen LogP contribution in [0.1, 0.15) is 29.3 Å². The number of carbonyl (C=O) groups is 3. The van der Waals surface area contributed by atoms with Crippen LogP contribution in [0.5, 0.6) is 11.5 Å². The minimum Gasteiger partial charge on any atom is -0.493 e. The lowest BCUT2D eigenvalue weighted by molar-refractivity contribution is -0.116. The summed E-state index contributed by atoms with van der Waals surface area (Å²) < 4.78 is 10.7. The molecule has 0 aliphatic carbocycles. The molecule has 45 heavy (non-hydrogen) atoms. The molecule has 0 heterocycles. The Morgan fingerprint density at radius 3 is 2.22 bits per heavy atom. The molecular weight excluding hydrogens is 633 g/mol. The number of carbonyl (C=O) groups excluding carboxylic acids is 3. The maximum absolute atomic E-state index is 13.6. The van der Waals surface area contributed by atoms with E-state index < -0.39 is 17.1 Å². The van der Waals surface area contributed by atoms with Crippen LogP contribution in [0.25, 0.3) is 6.08 Å². The molecule has 3 N–H and O–H groups in total. The van der Waals surface area contributed by atoms with Crippen LogP contribution in [-0.2, 0) is 9.59 Å². The van der Waals surface area contributed by atoms with Crippen molar-refractivity contribution in [3.63, 3.8) is 0 Å². The number of anilines is 2. The van der Waals surface area contributed by atoms with Gasteiger partial charge in [0.25, 0.3) is 11.8 Å². The molecule has 0 saturated carbocycles. The van der Waals surface area contributed by atoms with Crippen LogP contribution in [0.2, 0.25) is 10.0 Å². The van der Waals surface area contributed by atoms with Gasteiger partial charge >= 0.3 is 0 Å². The van der Waals surface area contributed by atoms with Gasteiger partial charge in [0.1, 0.15) is 5.70 Å². The van der Waals surface area contributed by atoms with Gasteiger partial charge in [-0.1, -0.05) is 60.5 Å². The summed E-state index contributed by atoms with van der Waals surface area (Å²) in [7, 11) is 3.05. The highest BCUT2D eigenvalue weighted by atomic mass is 35.5. The highest BCUT2D eigenvalue weighted by Crippen LogP contribution is 2.31. The first kappa shape index (κ1) is 33.5. The normalized spacial score (nSPS) is 11.7. The third-order valence-corrected chi connectivity index (χ3v) is 8.57. The Balaban J connectivity index is 1.53. The molecule has 0 radical (unpaired) electrons. The van der Waals surface area contributed by atoms with E-state index in [1.807, 2.05) is 13.0 Å². The fourth-order valence-electron chi connectivity index (χ4n) is 4.18. The summed E-state index contributed by atoms with van der Waals surface area (Å²) in [5.41, 5.74) is 2.04. The van der Waals surface area contributed by atoms with Gasteiger partial charge in [-0.2, -0.15) is 0 Å². The molecule has 0 fully saturated rings. The lowest BCUT2D eigenvalue weighted by Gasteiger charge is -2.16. The Morgan fingerprint density at radius 2 is 1.53 bits per heavy atom. The summed E-state index contributed by atoms with van der Waals surface area (Å²) in [6.45, 7) is 1.92. The number of methoxy groups -OCH3 is 2. The monoisotopic (exact) mass is 663 g/mol. The van der Waals surface area contributed by atoms with Crippen LogP contribution in [0, 0.1) is 0 Å². The van der Waals surface area contributed by atoms with Gasteiger partial charge < -0.3 is 25.4 Å². The Labute approximate surface area is 276 Å². The quantitative estimate of drug-likeness (QED) is 0.105. The molecule has 0 aliphatic rings. The number of hydrogen-bond acceptors (Lipinski definition) is 6. The number of rotatable bonds is 12. The van der Waals surface area contributed by atoms with E-state index in [-0.39, 0.29) is 11.6 Å².